The van der Waals surface area contributed by atoms with E-state index in [2.05, 4.69) is 21.2 Å². The van der Waals surface area contributed by atoms with Gasteiger partial charge >= 0.3 is 5.97 Å². The molecule has 0 saturated carbocycles. The lowest BCUT2D eigenvalue weighted by atomic mass is 9.94. The van der Waals surface area contributed by atoms with Gasteiger partial charge in [-0.1, -0.05) is 22.0 Å². The lowest BCUT2D eigenvalue weighted by Crippen LogP contribution is -2.31. The van der Waals surface area contributed by atoms with E-state index in [1.165, 1.54) is 0 Å². The molecule has 3 nitrogen and oxygen atoms in total. The summed E-state index contributed by atoms with van der Waals surface area (Å²) in [6, 6.07) is 7.65. The lowest BCUT2D eigenvalue weighted by molar-refractivity contribution is -0.146. The summed E-state index contributed by atoms with van der Waals surface area (Å²) >= 11 is 3.36. The van der Waals surface area contributed by atoms with Gasteiger partial charge < -0.3 is 10.4 Å². The van der Waals surface area contributed by atoms with Gasteiger partial charge in [0.15, 0.2) is 0 Å². The normalized spacial score (nSPS) is 11.1. The fraction of sp³-hybridized carbons (Fsp3) is 0.364. The molecular weight excluding hydrogens is 258 g/mol. The maximum atomic E-state index is 10.9. The summed E-state index contributed by atoms with van der Waals surface area (Å²) in [6.45, 7) is 3.79. The molecule has 0 atom stereocenters. The summed E-state index contributed by atoms with van der Waals surface area (Å²) in [7, 11) is 0. The number of benzene rings is 1. The second-order valence-electron chi connectivity index (χ2n) is 4.05. The topological polar surface area (TPSA) is 49.3 Å². The molecule has 0 aliphatic carbocycles. The van der Waals surface area contributed by atoms with E-state index in [1.54, 1.807) is 13.8 Å². The number of nitrogens with one attached hydrogen (secondary N) is 1. The summed E-state index contributed by atoms with van der Waals surface area (Å²) in [5.74, 6) is -0.801. The second kappa shape index (κ2) is 4.66. The molecule has 2 N–H and O–H groups in total. The molecular formula is C11H14BrNO2. The summed E-state index contributed by atoms with van der Waals surface area (Å²) in [6.07, 6.45) is 0. The highest BCUT2D eigenvalue weighted by Gasteiger charge is 2.26. The second-order valence-corrected chi connectivity index (χ2v) is 4.97. The first-order valence-corrected chi connectivity index (χ1v) is 5.44. The third-order valence-corrected chi connectivity index (χ3v) is 2.63. The Hall–Kier alpha value is -1.03. The molecule has 0 bridgehead atoms. The maximum Gasteiger partial charge on any atom is 0.310 e. The fourth-order valence-electron chi connectivity index (χ4n) is 0.997. The number of hydrogen-bond donors (Lipinski definition) is 2. The van der Waals surface area contributed by atoms with Gasteiger partial charge in [-0.25, -0.2) is 0 Å². The van der Waals surface area contributed by atoms with E-state index >= 15 is 0 Å². The summed E-state index contributed by atoms with van der Waals surface area (Å²) in [4.78, 5) is 10.9. The monoisotopic (exact) mass is 271 g/mol. The van der Waals surface area contributed by atoms with Crippen molar-refractivity contribution >= 4 is 27.6 Å². The van der Waals surface area contributed by atoms with Crippen LogP contribution in [-0.4, -0.2) is 17.6 Å². The van der Waals surface area contributed by atoms with Crippen LogP contribution in [0, 0.1) is 5.41 Å². The van der Waals surface area contributed by atoms with Gasteiger partial charge in [-0.15, -0.1) is 0 Å². The van der Waals surface area contributed by atoms with Crippen LogP contribution in [0.1, 0.15) is 13.8 Å². The molecule has 0 saturated heterocycles. The van der Waals surface area contributed by atoms with Crippen molar-refractivity contribution in [3.05, 3.63) is 28.7 Å². The molecule has 0 unspecified atom stereocenters. The van der Waals surface area contributed by atoms with Gasteiger partial charge in [0.2, 0.25) is 0 Å². The Morgan fingerprint density at radius 3 is 2.73 bits per heavy atom. The molecule has 0 amide bonds. The molecule has 0 aliphatic heterocycles. The van der Waals surface area contributed by atoms with Crippen molar-refractivity contribution in [2.24, 2.45) is 5.41 Å². The quantitative estimate of drug-likeness (QED) is 0.885. The molecule has 82 valence electrons. The Balaban J connectivity index is 2.61. The number of carboxylic acid groups (broad SMARTS) is 1. The summed E-state index contributed by atoms with van der Waals surface area (Å²) < 4.78 is 0.973. The highest BCUT2D eigenvalue weighted by Crippen LogP contribution is 2.19. The molecule has 0 aromatic heterocycles. The van der Waals surface area contributed by atoms with E-state index < -0.39 is 11.4 Å². The minimum atomic E-state index is -0.801. The van der Waals surface area contributed by atoms with Crippen molar-refractivity contribution in [3.63, 3.8) is 0 Å². The molecule has 4 heteroatoms. The van der Waals surface area contributed by atoms with Crippen LogP contribution >= 0.6 is 15.9 Å². The number of carbonyl (C=O) groups is 1. The number of halogens is 1. The Morgan fingerprint density at radius 1 is 1.53 bits per heavy atom. The van der Waals surface area contributed by atoms with E-state index in [-0.39, 0.29) is 0 Å². The number of carboxylic acids is 1. The van der Waals surface area contributed by atoms with Gasteiger partial charge in [0.25, 0.3) is 0 Å². The molecule has 0 aliphatic rings. The van der Waals surface area contributed by atoms with Gasteiger partial charge in [-0.2, -0.15) is 0 Å². The zero-order valence-electron chi connectivity index (χ0n) is 8.75. The van der Waals surface area contributed by atoms with E-state index in [0.29, 0.717) is 6.54 Å². The van der Waals surface area contributed by atoms with Crippen molar-refractivity contribution in [2.45, 2.75) is 13.8 Å². The average Bonchev–Trinajstić information content (AvgIpc) is 2.15. The number of hydrogen-bond acceptors (Lipinski definition) is 2. The van der Waals surface area contributed by atoms with Crippen LogP contribution < -0.4 is 5.32 Å². The maximum absolute atomic E-state index is 10.9. The zero-order valence-corrected chi connectivity index (χ0v) is 10.3. The van der Waals surface area contributed by atoms with Crippen molar-refractivity contribution in [3.8, 4) is 0 Å². The van der Waals surface area contributed by atoms with Gasteiger partial charge in [-0.05, 0) is 32.0 Å². The first-order chi connectivity index (χ1) is 6.92. The Kier molecular flexibility index (Phi) is 3.74. The van der Waals surface area contributed by atoms with Crippen molar-refractivity contribution in [1.82, 2.24) is 0 Å². The minimum Gasteiger partial charge on any atom is -0.481 e. The van der Waals surface area contributed by atoms with Crippen LogP contribution in [0.4, 0.5) is 5.69 Å². The van der Waals surface area contributed by atoms with Crippen LogP contribution in [0.25, 0.3) is 0 Å². The van der Waals surface area contributed by atoms with Gasteiger partial charge in [0, 0.05) is 16.7 Å². The SMILES string of the molecule is CC(C)(CNc1cccc(Br)c1)C(=O)O. The predicted octanol–water partition coefficient (Wildman–Crippen LogP) is 2.97. The molecule has 0 heterocycles. The third kappa shape index (κ3) is 3.55. The van der Waals surface area contributed by atoms with E-state index in [0.717, 1.165) is 10.2 Å². The Morgan fingerprint density at radius 2 is 2.20 bits per heavy atom. The Bertz CT molecular complexity index is 363. The largest absolute Gasteiger partial charge is 0.481 e. The zero-order chi connectivity index (χ0) is 11.5. The van der Waals surface area contributed by atoms with Crippen LogP contribution in [0.2, 0.25) is 0 Å². The highest BCUT2D eigenvalue weighted by molar-refractivity contribution is 9.10. The van der Waals surface area contributed by atoms with E-state index in [1.807, 2.05) is 24.3 Å². The summed E-state index contributed by atoms with van der Waals surface area (Å²) in [5, 5.41) is 12.0. The van der Waals surface area contributed by atoms with Gasteiger partial charge in [0.05, 0.1) is 5.41 Å². The molecule has 15 heavy (non-hydrogen) atoms. The summed E-state index contributed by atoms with van der Waals surface area (Å²) in [5.41, 5.74) is 0.154. The van der Waals surface area contributed by atoms with Gasteiger partial charge in [-0.3, -0.25) is 4.79 Å². The van der Waals surface area contributed by atoms with Gasteiger partial charge in [0.1, 0.15) is 0 Å². The van der Waals surface area contributed by atoms with Crippen molar-refractivity contribution in [1.29, 1.82) is 0 Å². The first kappa shape index (κ1) is 12.0. The molecule has 0 fully saturated rings. The van der Waals surface area contributed by atoms with Crippen LogP contribution in [0.3, 0.4) is 0 Å². The Labute approximate surface area is 97.6 Å². The molecule has 0 radical (unpaired) electrons. The predicted molar refractivity (Wildman–Crippen MR) is 64.0 cm³/mol. The molecule has 1 rings (SSSR count). The minimum absolute atomic E-state index is 0.402. The van der Waals surface area contributed by atoms with Crippen LogP contribution in [0.15, 0.2) is 28.7 Å². The third-order valence-electron chi connectivity index (χ3n) is 2.14. The van der Waals surface area contributed by atoms with E-state index in [4.69, 9.17) is 5.11 Å². The van der Waals surface area contributed by atoms with Crippen LogP contribution in [0.5, 0.6) is 0 Å². The highest BCUT2D eigenvalue weighted by atomic mass is 79.9. The molecule has 0 spiro atoms. The number of aliphatic carboxylic acids is 1. The van der Waals surface area contributed by atoms with Crippen molar-refractivity contribution < 1.29 is 9.90 Å². The number of rotatable bonds is 4. The van der Waals surface area contributed by atoms with E-state index in [9.17, 15) is 4.79 Å². The number of anilines is 1. The average molecular weight is 272 g/mol. The molecule has 1 aromatic rings. The fourth-order valence-corrected chi connectivity index (χ4v) is 1.40. The lowest BCUT2D eigenvalue weighted by Gasteiger charge is -2.20. The standard InChI is InChI=1S/C11H14BrNO2/c1-11(2,10(14)15)7-13-9-5-3-4-8(12)6-9/h3-6,13H,7H2,1-2H3,(H,14,15). The molecule has 1 aromatic carbocycles. The van der Waals surface area contributed by atoms with Crippen LogP contribution in [-0.2, 0) is 4.79 Å². The first-order valence-electron chi connectivity index (χ1n) is 4.65. The smallest absolute Gasteiger partial charge is 0.310 e. The van der Waals surface area contributed by atoms with Crippen molar-refractivity contribution in [2.75, 3.05) is 11.9 Å².